The molecule has 1 nitrogen and oxygen atoms in total. The lowest BCUT2D eigenvalue weighted by atomic mass is 9.79. The van der Waals surface area contributed by atoms with Gasteiger partial charge in [-0.05, 0) is 68.3 Å². The molecule has 2 heteroatoms. The molecule has 0 amide bonds. The summed E-state index contributed by atoms with van der Waals surface area (Å²) in [6.07, 6.45) is 1.91. The third-order valence-electron chi connectivity index (χ3n) is 8.50. The fourth-order valence-electron chi connectivity index (χ4n) is 6.68. The van der Waals surface area contributed by atoms with Gasteiger partial charge in [0, 0.05) is 37.3 Å². The summed E-state index contributed by atoms with van der Waals surface area (Å²) in [4.78, 5) is 4.92. The van der Waals surface area contributed by atoms with Crippen molar-refractivity contribution in [2.75, 3.05) is 0 Å². The van der Waals surface area contributed by atoms with E-state index in [1.165, 1.54) is 75.8 Å². The largest absolute Gasteiger partial charge is 0.256 e. The topological polar surface area (TPSA) is 12.9 Å². The van der Waals surface area contributed by atoms with Gasteiger partial charge in [-0.3, -0.25) is 4.98 Å². The Hall–Kier alpha value is -5.05. The highest BCUT2D eigenvalue weighted by Crippen LogP contribution is 2.50. The van der Waals surface area contributed by atoms with Crippen LogP contribution >= 0.6 is 11.3 Å². The van der Waals surface area contributed by atoms with Gasteiger partial charge >= 0.3 is 0 Å². The van der Waals surface area contributed by atoms with Crippen LogP contribution < -0.4 is 0 Å². The van der Waals surface area contributed by atoms with Crippen LogP contribution in [0.3, 0.4) is 0 Å². The fourth-order valence-corrected chi connectivity index (χ4v) is 7.91. The normalized spacial score (nSPS) is 11.9. The molecule has 0 fully saturated rings. The summed E-state index contributed by atoms with van der Waals surface area (Å²) in [6, 6.07) is 48.8. The molecule has 6 aromatic carbocycles. The quantitative estimate of drug-likeness (QED) is 0.203. The second-order valence-electron chi connectivity index (χ2n) is 10.7. The molecule has 0 N–H and O–H groups in total. The van der Waals surface area contributed by atoms with Crippen LogP contribution in [-0.2, 0) is 0 Å². The lowest BCUT2D eigenvalue weighted by molar-refractivity contribution is 1.41. The Kier molecular flexibility index (Phi) is 4.84. The minimum atomic E-state index is 1.04. The average Bonchev–Trinajstić information content (AvgIpc) is 3.42. The Morgan fingerprint density at radius 1 is 0.439 bits per heavy atom. The summed E-state index contributed by atoms with van der Waals surface area (Å²) in [6.45, 7) is 0. The molecule has 9 rings (SSSR count). The first kappa shape index (κ1) is 22.7. The molecule has 0 saturated heterocycles. The summed E-state index contributed by atoms with van der Waals surface area (Å²) in [5.74, 6) is 0. The number of hydrogen-bond donors (Lipinski definition) is 0. The minimum Gasteiger partial charge on any atom is -0.256 e. The summed E-state index contributed by atoms with van der Waals surface area (Å²) in [5.41, 5.74) is 13.5. The molecule has 1 aliphatic rings. The molecule has 0 bridgehead atoms. The molecule has 1 aliphatic carbocycles. The Bertz CT molecular complexity index is 2320. The van der Waals surface area contributed by atoms with Gasteiger partial charge in [-0.2, -0.15) is 0 Å². The van der Waals surface area contributed by atoms with E-state index in [1.807, 2.05) is 23.6 Å². The number of hydrogen-bond acceptors (Lipinski definition) is 2. The van der Waals surface area contributed by atoms with Gasteiger partial charge in [0.2, 0.25) is 0 Å². The monoisotopic (exact) mass is 537 g/mol. The van der Waals surface area contributed by atoms with Crippen LogP contribution in [0.1, 0.15) is 0 Å². The molecule has 0 aliphatic heterocycles. The molecule has 2 heterocycles. The number of rotatable bonds is 1. The standard InChI is InChI=1S/C39H23NS/c1-2-12-29-27(10-1)28-11-3-4-14-32(28)37-33(21-18-24-9-8-22-40-38(24)37)30-20-19-25(23-35(29)30)26-15-7-16-34-31-13-5-6-17-36(31)41-39(26)34/h1-23H. The maximum absolute atomic E-state index is 4.92. The van der Waals surface area contributed by atoms with E-state index in [0.717, 1.165) is 10.9 Å². The van der Waals surface area contributed by atoms with Crippen LogP contribution in [0.2, 0.25) is 0 Å². The number of fused-ring (bicyclic) bond motifs is 13. The minimum absolute atomic E-state index is 1.04. The van der Waals surface area contributed by atoms with E-state index in [2.05, 4.69) is 127 Å². The van der Waals surface area contributed by atoms with Gasteiger partial charge in [0.05, 0.1) is 5.52 Å². The van der Waals surface area contributed by atoms with Crippen molar-refractivity contribution in [1.29, 1.82) is 0 Å². The SMILES string of the molecule is c1ccc2c(c1)-c1cc(-c3cccc4c3sc3ccccc34)ccc1-c1ccc3cccnc3c1-c1ccccc1-2. The second kappa shape index (κ2) is 8.72. The van der Waals surface area contributed by atoms with E-state index in [-0.39, 0.29) is 0 Å². The van der Waals surface area contributed by atoms with Gasteiger partial charge in [0.15, 0.2) is 0 Å². The van der Waals surface area contributed by atoms with E-state index >= 15 is 0 Å². The van der Waals surface area contributed by atoms with Crippen molar-refractivity contribution in [3.05, 3.63) is 140 Å². The number of pyridine rings is 1. The van der Waals surface area contributed by atoms with Crippen LogP contribution in [0.25, 0.3) is 86.7 Å². The van der Waals surface area contributed by atoms with Crippen LogP contribution in [0.5, 0.6) is 0 Å². The molecule has 41 heavy (non-hydrogen) atoms. The van der Waals surface area contributed by atoms with Crippen LogP contribution in [-0.4, -0.2) is 4.98 Å². The first-order chi connectivity index (χ1) is 20.3. The van der Waals surface area contributed by atoms with Crippen molar-refractivity contribution in [1.82, 2.24) is 4.98 Å². The van der Waals surface area contributed by atoms with Crippen molar-refractivity contribution in [3.63, 3.8) is 0 Å². The molecule has 2 aromatic heterocycles. The smallest absolute Gasteiger partial charge is 0.0786 e. The van der Waals surface area contributed by atoms with E-state index < -0.39 is 0 Å². The first-order valence-electron chi connectivity index (χ1n) is 14.0. The summed E-state index contributed by atoms with van der Waals surface area (Å²) < 4.78 is 2.67. The molecule has 190 valence electrons. The van der Waals surface area contributed by atoms with E-state index in [4.69, 9.17) is 4.98 Å². The lowest BCUT2D eigenvalue weighted by Crippen LogP contribution is -1.99. The van der Waals surface area contributed by atoms with Crippen molar-refractivity contribution < 1.29 is 0 Å². The van der Waals surface area contributed by atoms with Gasteiger partial charge in [0.25, 0.3) is 0 Å². The zero-order valence-corrected chi connectivity index (χ0v) is 23.0. The Labute approximate surface area is 242 Å². The number of nitrogens with zero attached hydrogens (tertiary/aromatic N) is 1. The summed E-state index contributed by atoms with van der Waals surface area (Å²) >= 11 is 1.89. The second-order valence-corrected chi connectivity index (χ2v) is 11.7. The lowest BCUT2D eigenvalue weighted by Gasteiger charge is -2.24. The molecular weight excluding hydrogens is 515 g/mol. The third-order valence-corrected chi connectivity index (χ3v) is 9.72. The van der Waals surface area contributed by atoms with Gasteiger partial charge in [-0.25, -0.2) is 0 Å². The molecular formula is C39H23NS. The van der Waals surface area contributed by atoms with Crippen LogP contribution in [0.15, 0.2) is 140 Å². The maximum Gasteiger partial charge on any atom is 0.0786 e. The molecule has 0 spiro atoms. The number of aromatic nitrogens is 1. The molecule has 0 atom stereocenters. The first-order valence-corrected chi connectivity index (χ1v) is 14.8. The number of benzene rings is 6. The zero-order chi connectivity index (χ0) is 26.9. The zero-order valence-electron chi connectivity index (χ0n) is 22.1. The van der Waals surface area contributed by atoms with Gasteiger partial charge < -0.3 is 0 Å². The molecule has 0 radical (unpaired) electrons. The number of thiophene rings is 1. The molecule has 0 unspecified atom stereocenters. The summed E-state index contributed by atoms with van der Waals surface area (Å²) in [7, 11) is 0. The van der Waals surface area contributed by atoms with Gasteiger partial charge in [-0.15, -0.1) is 11.3 Å². The predicted molar refractivity (Wildman–Crippen MR) is 175 cm³/mol. The van der Waals surface area contributed by atoms with E-state index in [1.54, 1.807) is 0 Å². The van der Waals surface area contributed by atoms with Crippen molar-refractivity contribution in [2.24, 2.45) is 0 Å². The third kappa shape index (κ3) is 3.32. The van der Waals surface area contributed by atoms with Gasteiger partial charge in [0.1, 0.15) is 0 Å². The Morgan fingerprint density at radius 3 is 1.98 bits per heavy atom. The predicted octanol–water partition coefficient (Wildman–Crippen LogP) is 11.3. The highest BCUT2D eigenvalue weighted by atomic mass is 32.1. The van der Waals surface area contributed by atoms with Crippen molar-refractivity contribution >= 4 is 42.4 Å². The average molecular weight is 538 g/mol. The van der Waals surface area contributed by atoms with Crippen LogP contribution in [0, 0.1) is 0 Å². The highest BCUT2D eigenvalue weighted by molar-refractivity contribution is 7.26. The van der Waals surface area contributed by atoms with Crippen LogP contribution in [0.4, 0.5) is 0 Å². The maximum atomic E-state index is 4.92. The highest BCUT2D eigenvalue weighted by Gasteiger charge is 2.24. The molecule has 0 saturated carbocycles. The van der Waals surface area contributed by atoms with Gasteiger partial charge in [-0.1, -0.05) is 115 Å². The van der Waals surface area contributed by atoms with Crippen molar-refractivity contribution in [2.45, 2.75) is 0 Å². The van der Waals surface area contributed by atoms with E-state index in [0.29, 0.717) is 0 Å². The summed E-state index contributed by atoms with van der Waals surface area (Å²) in [5, 5.41) is 3.81. The fraction of sp³-hybridized carbons (Fsp3) is 0. The van der Waals surface area contributed by atoms with Crippen molar-refractivity contribution in [3.8, 4) is 55.6 Å². The molecule has 8 aromatic rings. The Balaban J connectivity index is 1.39. The Morgan fingerprint density at radius 2 is 1.10 bits per heavy atom. The van der Waals surface area contributed by atoms with E-state index in [9.17, 15) is 0 Å².